The fourth-order valence-corrected chi connectivity index (χ4v) is 2.37. The summed E-state index contributed by atoms with van der Waals surface area (Å²) in [6.07, 6.45) is 0.941. The van der Waals surface area contributed by atoms with Crippen LogP contribution in [0.4, 0.5) is 4.79 Å². The van der Waals surface area contributed by atoms with Crippen LogP contribution in [0.15, 0.2) is 34.9 Å². The van der Waals surface area contributed by atoms with E-state index in [0.717, 1.165) is 10.5 Å². The largest absolute Gasteiger partial charge is 0.354 e. The molecule has 9 nitrogen and oxygen atoms in total. The second kappa shape index (κ2) is 7.56. The Bertz CT molecular complexity index is 758. The predicted octanol–water partition coefficient (Wildman–Crippen LogP) is -0.129. The maximum atomic E-state index is 11.8. The Labute approximate surface area is 143 Å². The third kappa shape index (κ3) is 4.40. The number of nitrogens with one attached hydrogen (secondary N) is 2. The molecule has 9 heteroatoms. The third-order valence-electron chi connectivity index (χ3n) is 3.62. The molecule has 4 amide bonds. The van der Waals surface area contributed by atoms with Crippen LogP contribution >= 0.6 is 0 Å². The number of nitrogens with zero attached hydrogens (tertiary/aromatic N) is 3. The Morgan fingerprint density at radius 3 is 2.80 bits per heavy atom. The number of aromatic nitrogens is 2. The molecule has 1 fully saturated rings. The van der Waals surface area contributed by atoms with Gasteiger partial charge in [0, 0.05) is 19.4 Å². The Hall–Kier alpha value is -3.23. The standard InChI is InChI=1S/C16H17N5O4/c22-13(10-21-15(23)9-18-16(21)24)17-7-6-14-19-12(20-25-14)8-11-4-2-1-3-5-11/h1-5H,6-10H2,(H,17,22)(H,18,24). The molecular formula is C16H17N5O4. The van der Waals surface area contributed by atoms with Crippen molar-refractivity contribution < 1.29 is 18.9 Å². The summed E-state index contributed by atoms with van der Waals surface area (Å²) in [5.74, 6) is 0.158. The summed E-state index contributed by atoms with van der Waals surface area (Å²) in [6.45, 7) is -0.0957. The van der Waals surface area contributed by atoms with E-state index in [1.807, 2.05) is 30.3 Å². The molecular weight excluding hydrogens is 326 g/mol. The van der Waals surface area contributed by atoms with Crippen LogP contribution in [0.1, 0.15) is 17.3 Å². The van der Waals surface area contributed by atoms with Gasteiger partial charge in [0.25, 0.3) is 5.91 Å². The molecule has 3 rings (SSSR count). The molecule has 130 valence electrons. The van der Waals surface area contributed by atoms with Gasteiger partial charge in [-0.1, -0.05) is 35.5 Å². The van der Waals surface area contributed by atoms with Crippen molar-refractivity contribution in [1.82, 2.24) is 25.7 Å². The zero-order valence-corrected chi connectivity index (χ0v) is 13.4. The Kier molecular flexibility index (Phi) is 5.03. The van der Waals surface area contributed by atoms with Gasteiger partial charge in [-0.3, -0.25) is 14.5 Å². The van der Waals surface area contributed by atoms with Crippen molar-refractivity contribution in [3.8, 4) is 0 Å². The van der Waals surface area contributed by atoms with Gasteiger partial charge in [0.1, 0.15) is 6.54 Å². The lowest BCUT2D eigenvalue weighted by molar-refractivity contribution is -0.130. The molecule has 2 N–H and O–H groups in total. The average molecular weight is 343 g/mol. The zero-order chi connectivity index (χ0) is 17.6. The summed E-state index contributed by atoms with van der Waals surface area (Å²) in [5, 5.41) is 8.88. The molecule has 2 heterocycles. The highest BCUT2D eigenvalue weighted by atomic mass is 16.5. The van der Waals surface area contributed by atoms with Crippen molar-refractivity contribution in [1.29, 1.82) is 0 Å². The van der Waals surface area contributed by atoms with E-state index in [0.29, 0.717) is 24.6 Å². The van der Waals surface area contributed by atoms with E-state index >= 15 is 0 Å². The zero-order valence-electron chi connectivity index (χ0n) is 13.4. The number of amides is 4. The Morgan fingerprint density at radius 1 is 1.28 bits per heavy atom. The number of hydrogen-bond acceptors (Lipinski definition) is 6. The maximum Gasteiger partial charge on any atom is 0.325 e. The highest BCUT2D eigenvalue weighted by molar-refractivity contribution is 6.04. The Morgan fingerprint density at radius 2 is 2.08 bits per heavy atom. The minimum absolute atomic E-state index is 0.0711. The summed E-state index contributed by atoms with van der Waals surface area (Å²) in [5.41, 5.74) is 1.08. The van der Waals surface area contributed by atoms with Gasteiger partial charge in [0.15, 0.2) is 5.82 Å². The molecule has 1 aromatic carbocycles. The van der Waals surface area contributed by atoms with Crippen molar-refractivity contribution in [2.75, 3.05) is 19.6 Å². The van der Waals surface area contributed by atoms with E-state index in [1.54, 1.807) is 0 Å². The summed E-state index contributed by atoms with van der Waals surface area (Å²) >= 11 is 0. The number of carbonyl (C=O) groups is 3. The molecule has 0 spiro atoms. The number of urea groups is 1. The number of hydrogen-bond donors (Lipinski definition) is 2. The lowest BCUT2D eigenvalue weighted by Gasteiger charge is -2.11. The quantitative estimate of drug-likeness (QED) is 0.676. The molecule has 2 aromatic rings. The van der Waals surface area contributed by atoms with E-state index in [9.17, 15) is 14.4 Å². The second-order valence-corrected chi connectivity index (χ2v) is 5.51. The van der Waals surface area contributed by atoms with E-state index in [2.05, 4.69) is 20.8 Å². The molecule has 0 bridgehead atoms. The van der Waals surface area contributed by atoms with E-state index in [-0.39, 0.29) is 19.6 Å². The summed E-state index contributed by atoms with van der Waals surface area (Å²) in [6, 6.07) is 9.22. The van der Waals surface area contributed by atoms with Gasteiger partial charge in [-0.15, -0.1) is 0 Å². The SMILES string of the molecule is O=C(CN1C(=O)CNC1=O)NCCc1nc(Cc2ccccc2)no1. The molecule has 1 aromatic heterocycles. The highest BCUT2D eigenvalue weighted by Gasteiger charge is 2.29. The molecule has 0 unspecified atom stereocenters. The number of carbonyl (C=O) groups excluding carboxylic acids is 3. The van der Waals surface area contributed by atoms with Gasteiger partial charge in [-0.05, 0) is 5.56 Å². The Balaban J connectivity index is 1.42. The first-order valence-corrected chi connectivity index (χ1v) is 7.82. The first kappa shape index (κ1) is 16.6. The molecule has 25 heavy (non-hydrogen) atoms. The highest BCUT2D eigenvalue weighted by Crippen LogP contribution is 2.06. The van der Waals surface area contributed by atoms with Crippen LogP contribution in [0.2, 0.25) is 0 Å². The number of benzene rings is 1. The minimum Gasteiger partial charge on any atom is -0.354 e. The van der Waals surface area contributed by atoms with Crippen LogP contribution in [0.25, 0.3) is 0 Å². The van der Waals surface area contributed by atoms with Crippen molar-refractivity contribution in [3.05, 3.63) is 47.6 Å². The molecule has 0 radical (unpaired) electrons. The minimum atomic E-state index is -0.553. The number of rotatable bonds is 7. The lowest BCUT2D eigenvalue weighted by atomic mass is 10.1. The van der Waals surface area contributed by atoms with Gasteiger partial charge in [-0.25, -0.2) is 4.79 Å². The first-order valence-electron chi connectivity index (χ1n) is 7.82. The molecule has 1 saturated heterocycles. The molecule has 0 atom stereocenters. The van der Waals surface area contributed by atoms with Crippen molar-refractivity contribution in [2.45, 2.75) is 12.8 Å². The third-order valence-corrected chi connectivity index (χ3v) is 3.62. The summed E-state index contributed by atoms with van der Waals surface area (Å²) < 4.78 is 5.15. The van der Waals surface area contributed by atoms with Crippen LogP contribution in [-0.2, 0) is 22.4 Å². The summed E-state index contributed by atoms with van der Waals surface area (Å²) in [7, 11) is 0. The van der Waals surface area contributed by atoms with Crippen LogP contribution in [0.3, 0.4) is 0 Å². The maximum absolute atomic E-state index is 11.8. The van der Waals surface area contributed by atoms with Crippen LogP contribution in [-0.4, -0.2) is 52.5 Å². The van der Waals surface area contributed by atoms with E-state index in [4.69, 9.17) is 4.52 Å². The van der Waals surface area contributed by atoms with Crippen LogP contribution < -0.4 is 10.6 Å². The molecule has 0 aliphatic carbocycles. The summed E-state index contributed by atoms with van der Waals surface area (Å²) in [4.78, 5) is 39.7. The van der Waals surface area contributed by atoms with Crippen molar-refractivity contribution >= 4 is 17.8 Å². The lowest BCUT2D eigenvalue weighted by Crippen LogP contribution is -2.41. The molecule has 1 aliphatic rings. The normalized spacial score (nSPS) is 13.8. The predicted molar refractivity (Wildman–Crippen MR) is 85.4 cm³/mol. The van der Waals surface area contributed by atoms with Crippen molar-refractivity contribution in [2.24, 2.45) is 0 Å². The second-order valence-electron chi connectivity index (χ2n) is 5.51. The van der Waals surface area contributed by atoms with Gasteiger partial charge in [0.2, 0.25) is 11.8 Å². The van der Waals surface area contributed by atoms with E-state index in [1.165, 1.54) is 0 Å². The fourth-order valence-electron chi connectivity index (χ4n) is 2.37. The number of imide groups is 1. The average Bonchev–Trinajstić information content (AvgIpc) is 3.17. The fraction of sp³-hybridized carbons (Fsp3) is 0.312. The topological polar surface area (TPSA) is 117 Å². The van der Waals surface area contributed by atoms with Crippen molar-refractivity contribution in [3.63, 3.8) is 0 Å². The first-order chi connectivity index (χ1) is 12.1. The van der Waals surface area contributed by atoms with Crippen LogP contribution in [0.5, 0.6) is 0 Å². The molecule has 1 aliphatic heterocycles. The monoisotopic (exact) mass is 343 g/mol. The smallest absolute Gasteiger partial charge is 0.325 e. The van der Waals surface area contributed by atoms with E-state index < -0.39 is 17.8 Å². The van der Waals surface area contributed by atoms with Gasteiger partial charge in [0.05, 0.1) is 6.54 Å². The molecule has 0 saturated carbocycles. The van der Waals surface area contributed by atoms with Gasteiger partial charge < -0.3 is 15.2 Å². The van der Waals surface area contributed by atoms with Gasteiger partial charge in [-0.2, -0.15) is 4.98 Å². The van der Waals surface area contributed by atoms with Crippen LogP contribution in [0, 0.1) is 0 Å². The van der Waals surface area contributed by atoms with Gasteiger partial charge >= 0.3 is 6.03 Å².